The molecular weight excluding hydrogens is 116 g/mol. The van der Waals surface area contributed by atoms with Crippen LogP contribution in [0.15, 0.2) is 12.2 Å². The van der Waals surface area contributed by atoms with E-state index >= 15 is 0 Å². The molecule has 0 saturated heterocycles. The van der Waals surface area contributed by atoms with Gasteiger partial charge in [-0.3, -0.25) is 4.79 Å². The lowest BCUT2D eigenvalue weighted by Gasteiger charge is -1.85. The quantitative estimate of drug-likeness (QED) is 0.405. The minimum absolute atomic E-state index is 0.396. The van der Waals surface area contributed by atoms with Crippen molar-refractivity contribution in [2.75, 3.05) is 6.54 Å². The Morgan fingerprint density at radius 1 is 1.56 bits per heavy atom. The molecule has 0 aliphatic carbocycles. The molecule has 9 heavy (non-hydrogen) atoms. The summed E-state index contributed by atoms with van der Waals surface area (Å²) in [5.41, 5.74) is 10.0. The molecule has 52 valence electrons. The number of amides is 1. The summed E-state index contributed by atoms with van der Waals surface area (Å²) in [5.74, 6) is -0.396. The molecule has 0 aromatic heterocycles. The van der Waals surface area contributed by atoms with E-state index in [9.17, 15) is 4.79 Å². The molecule has 0 atom stereocenters. The Morgan fingerprint density at radius 3 is 2.67 bits per heavy atom. The standard InChI is InChI=1S/C6H12N2O/c7-5-3-1-2-4-6(8)9/h2,4H,1,3,5,7H2,(H2,8,9)/b4-2+. The summed E-state index contributed by atoms with van der Waals surface area (Å²) in [6.07, 6.45) is 4.83. The van der Waals surface area contributed by atoms with Crippen molar-refractivity contribution in [3.8, 4) is 0 Å². The molecule has 0 spiro atoms. The van der Waals surface area contributed by atoms with E-state index in [0.29, 0.717) is 6.54 Å². The second-order valence-electron chi connectivity index (χ2n) is 1.74. The molecule has 0 rings (SSSR count). The minimum atomic E-state index is -0.396. The van der Waals surface area contributed by atoms with E-state index in [0.717, 1.165) is 12.8 Å². The number of rotatable bonds is 4. The van der Waals surface area contributed by atoms with Crippen molar-refractivity contribution in [2.45, 2.75) is 12.8 Å². The zero-order valence-electron chi connectivity index (χ0n) is 5.34. The Labute approximate surface area is 54.7 Å². The molecule has 1 amide bonds. The van der Waals surface area contributed by atoms with Gasteiger partial charge in [0, 0.05) is 0 Å². The van der Waals surface area contributed by atoms with Crippen LogP contribution in [0, 0.1) is 0 Å². The zero-order chi connectivity index (χ0) is 7.11. The van der Waals surface area contributed by atoms with Gasteiger partial charge in [-0.2, -0.15) is 0 Å². The topological polar surface area (TPSA) is 69.1 Å². The van der Waals surface area contributed by atoms with E-state index in [4.69, 9.17) is 11.5 Å². The maximum Gasteiger partial charge on any atom is 0.241 e. The highest BCUT2D eigenvalue weighted by Crippen LogP contribution is 1.86. The first kappa shape index (κ1) is 8.17. The second-order valence-corrected chi connectivity index (χ2v) is 1.74. The molecule has 3 heteroatoms. The Hall–Kier alpha value is -0.830. The highest BCUT2D eigenvalue weighted by atomic mass is 16.1. The van der Waals surface area contributed by atoms with Crippen LogP contribution in [-0.4, -0.2) is 12.5 Å². The molecular formula is C6H12N2O. The summed E-state index contributed by atoms with van der Waals surface area (Å²) in [7, 11) is 0. The first-order chi connectivity index (χ1) is 4.27. The molecule has 0 bridgehead atoms. The van der Waals surface area contributed by atoms with Gasteiger partial charge in [0.05, 0.1) is 0 Å². The van der Waals surface area contributed by atoms with Crippen LogP contribution in [0.3, 0.4) is 0 Å². The Bertz CT molecular complexity index is 110. The Morgan fingerprint density at radius 2 is 2.22 bits per heavy atom. The zero-order valence-corrected chi connectivity index (χ0v) is 5.34. The molecule has 0 heterocycles. The molecule has 0 aliphatic heterocycles. The van der Waals surface area contributed by atoms with Crippen LogP contribution in [0.2, 0.25) is 0 Å². The van der Waals surface area contributed by atoms with Crippen LogP contribution in [0.4, 0.5) is 0 Å². The number of unbranched alkanes of at least 4 members (excludes halogenated alkanes) is 1. The van der Waals surface area contributed by atoms with Gasteiger partial charge in [0.1, 0.15) is 0 Å². The Balaban J connectivity index is 3.15. The fraction of sp³-hybridized carbons (Fsp3) is 0.500. The third-order valence-corrected chi connectivity index (χ3v) is 0.857. The lowest BCUT2D eigenvalue weighted by molar-refractivity contribution is -0.113. The fourth-order valence-electron chi connectivity index (χ4n) is 0.435. The van der Waals surface area contributed by atoms with Crippen molar-refractivity contribution in [1.82, 2.24) is 0 Å². The van der Waals surface area contributed by atoms with Gasteiger partial charge >= 0.3 is 0 Å². The third-order valence-electron chi connectivity index (χ3n) is 0.857. The number of carbonyl (C=O) groups is 1. The van der Waals surface area contributed by atoms with Crippen LogP contribution < -0.4 is 11.5 Å². The lowest BCUT2D eigenvalue weighted by atomic mass is 10.3. The Kier molecular flexibility index (Phi) is 4.82. The van der Waals surface area contributed by atoms with Crippen LogP contribution in [-0.2, 0) is 4.79 Å². The summed E-state index contributed by atoms with van der Waals surface area (Å²) in [4.78, 5) is 10.1. The van der Waals surface area contributed by atoms with Gasteiger partial charge in [0.25, 0.3) is 0 Å². The van der Waals surface area contributed by atoms with E-state index in [2.05, 4.69) is 0 Å². The monoisotopic (exact) mass is 128 g/mol. The van der Waals surface area contributed by atoms with Crippen molar-refractivity contribution in [3.63, 3.8) is 0 Å². The first-order valence-electron chi connectivity index (χ1n) is 2.93. The first-order valence-corrected chi connectivity index (χ1v) is 2.93. The number of primary amides is 1. The van der Waals surface area contributed by atoms with Crippen molar-refractivity contribution >= 4 is 5.91 Å². The van der Waals surface area contributed by atoms with Crippen LogP contribution in [0.5, 0.6) is 0 Å². The number of carbonyl (C=O) groups excluding carboxylic acids is 1. The third kappa shape index (κ3) is 7.17. The van der Waals surface area contributed by atoms with Gasteiger partial charge in [0.15, 0.2) is 0 Å². The van der Waals surface area contributed by atoms with Gasteiger partial charge in [-0.1, -0.05) is 6.08 Å². The number of hydrogen-bond acceptors (Lipinski definition) is 2. The smallest absolute Gasteiger partial charge is 0.241 e. The highest BCUT2D eigenvalue weighted by Gasteiger charge is 1.81. The molecule has 0 aromatic rings. The number of hydrogen-bond donors (Lipinski definition) is 2. The minimum Gasteiger partial charge on any atom is -0.366 e. The summed E-state index contributed by atoms with van der Waals surface area (Å²) in [5, 5.41) is 0. The predicted octanol–water partition coefficient (Wildman–Crippen LogP) is -0.233. The molecule has 0 aliphatic rings. The molecule has 3 nitrogen and oxygen atoms in total. The maximum absolute atomic E-state index is 10.1. The largest absolute Gasteiger partial charge is 0.366 e. The number of allylic oxidation sites excluding steroid dienone is 1. The lowest BCUT2D eigenvalue weighted by Crippen LogP contribution is -2.05. The summed E-state index contributed by atoms with van der Waals surface area (Å²) >= 11 is 0. The van der Waals surface area contributed by atoms with E-state index in [-0.39, 0.29) is 0 Å². The molecule has 0 unspecified atom stereocenters. The molecule has 0 fully saturated rings. The predicted molar refractivity (Wildman–Crippen MR) is 36.6 cm³/mol. The van der Waals surface area contributed by atoms with Gasteiger partial charge in [-0.25, -0.2) is 0 Å². The average Bonchev–Trinajstić information content (AvgIpc) is 1.80. The highest BCUT2D eigenvalue weighted by molar-refractivity contribution is 5.85. The number of nitrogens with two attached hydrogens (primary N) is 2. The molecule has 0 radical (unpaired) electrons. The van der Waals surface area contributed by atoms with Gasteiger partial charge in [-0.15, -0.1) is 0 Å². The van der Waals surface area contributed by atoms with Crippen LogP contribution >= 0.6 is 0 Å². The summed E-state index contributed by atoms with van der Waals surface area (Å²) in [6, 6.07) is 0. The van der Waals surface area contributed by atoms with Crippen LogP contribution in [0.25, 0.3) is 0 Å². The SMILES string of the molecule is NCCC/C=C/C(N)=O. The van der Waals surface area contributed by atoms with Gasteiger partial charge in [-0.05, 0) is 25.5 Å². The van der Waals surface area contributed by atoms with E-state index in [1.807, 2.05) is 0 Å². The molecule has 4 N–H and O–H groups in total. The van der Waals surface area contributed by atoms with Gasteiger partial charge < -0.3 is 11.5 Å². The van der Waals surface area contributed by atoms with Crippen molar-refractivity contribution < 1.29 is 4.79 Å². The van der Waals surface area contributed by atoms with Gasteiger partial charge in [0.2, 0.25) is 5.91 Å². The van der Waals surface area contributed by atoms with Crippen LogP contribution in [0.1, 0.15) is 12.8 Å². The van der Waals surface area contributed by atoms with E-state index in [1.54, 1.807) is 6.08 Å². The summed E-state index contributed by atoms with van der Waals surface area (Å²) < 4.78 is 0. The second kappa shape index (κ2) is 5.31. The summed E-state index contributed by atoms with van der Waals surface area (Å²) in [6.45, 7) is 0.656. The molecule has 0 saturated carbocycles. The average molecular weight is 128 g/mol. The van der Waals surface area contributed by atoms with E-state index in [1.165, 1.54) is 6.08 Å². The maximum atomic E-state index is 10.1. The van der Waals surface area contributed by atoms with Crippen molar-refractivity contribution in [1.29, 1.82) is 0 Å². The molecule has 0 aromatic carbocycles. The van der Waals surface area contributed by atoms with E-state index < -0.39 is 5.91 Å². The van der Waals surface area contributed by atoms with Crippen molar-refractivity contribution in [2.24, 2.45) is 11.5 Å². The van der Waals surface area contributed by atoms with Crippen molar-refractivity contribution in [3.05, 3.63) is 12.2 Å². The fourth-order valence-corrected chi connectivity index (χ4v) is 0.435. The normalized spacial score (nSPS) is 10.3.